The second-order valence-corrected chi connectivity index (χ2v) is 12.2. The number of nitrogens with zero attached hydrogens (tertiary/aromatic N) is 4. The first-order valence-corrected chi connectivity index (χ1v) is 15.8. The number of ether oxygens (including phenoxy) is 1. The molecule has 0 aromatic heterocycles. The van der Waals surface area contributed by atoms with Crippen LogP contribution in [0.1, 0.15) is 75.2 Å². The van der Waals surface area contributed by atoms with Crippen LogP contribution in [0.3, 0.4) is 0 Å². The van der Waals surface area contributed by atoms with E-state index in [1.807, 2.05) is 49.3 Å². The fourth-order valence-corrected chi connectivity index (χ4v) is 4.21. The molecular weight excluding hydrogens is 567 g/mol. The van der Waals surface area contributed by atoms with Crippen LogP contribution in [0.5, 0.6) is 0 Å². The van der Waals surface area contributed by atoms with Crippen LogP contribution >= 0.6 is 0 Å². The topological polar surface area (TPSA) is 81.4 Å². The standard InChI is InChI=1S/C33H62F3N7O/c1-12-14-17-30(21-27(4)39-25-38-24-33(34,35)36)41(10)31(22-37)18-15-16-26(3)23-40-42(11)28(5)19-20-43(13-2)29(6)44-32(7,8)9/h14-18,21,26,28-29,38,40H,12-13,19-20,22-25,37H2,1-11H3/b16-15?,17-14-,30-21+,31-18?,39-27?. The molecule has 44 heavy (non-hydrogen) atoms. The third-order valence-electron chi connectivity index (χ3n) is 7.00. The van der Waals surface area contributed by atoms with Crippen molar-refractivity contribution >= 4 is 5.71 Å². The van der Waals surface area contributed by atoms with Gasteiger partial charge in [0.05, 0.1) is 18.8 Å². The lowest BCUT2D eigenvalue weighted by Gasteiger charge is -2.35. The summed E-state index contributed by atoms with van der Waals surface area (Å²) in [4.78, 5) is 8.54. The molecular formula is C33H62F3N7O. The number of likely N-dealkylation sites (N-methyl/N-ethyl adjacent to an activating group) is 1. The molecule has 0 bridgehead atoms. The van der Waals surface area contributed by atoms with E-state index >= 15 is 0 Å². The highest BCUT2D eigenvalue weighted by Crippen LogP contribution is 2.16. The van der Waals surface area contributed by atoms with Gasteiger partial charge in [-0.05, 0) is 85.1 Å². The van der Waals surface area contributed by atoms with Gasteiger partial charge in [-0.3, -0.25) is 20.6 Å². The van der Waals surface area contributed by atoms with Crippen LogP contribution in [-0.2, 0) is 4.74 Å². The summed E-state index contributed by atoms with van der Waals surface area (Å²) in [5.41, 5.74) is 11.8. The molecule has 0 aromatic carbocycles. The molecule has 0 aliphatic rings. The zero-order chi connectivity index (χ0) is 33.9. The third-order valence-corrected chi connectivity index (χ3v) is 7.00. The van der Waals surface area contributed by atoms with E-state index in [0.29, 0.717) is 18.3 Å². The van der Waals surface area contributed by atoms with Crippen molar-refractivity contribution in [3.05, 3.63) is 47.9 Å². The summed E-state index contributed by atoms with van der Waals surface area (Å²) in [7, 11) is 4.01. The molecule has 0 radical (unpaired) electrons. The molecule has 4 N–H and O–H groups in total. The van der Waals surface area contributed by atoms with Crippen molar-refractivity contribution in [3.8, 4) is 0 Å². The van der Waals surface area contributed by atoms with Gasteiger partial charge in [-0.15, -0.1) is 0 Å². The summed E-state index contributed by atoms with van der Waals surface area (Å²) < 4.78 is 43.3. The van der Waals surface area contributed by atoms with Crippen molar-refractivity contribution in [2.24, 2.45) is 16.6 Å². The molecule has 8 nitrogen and oxygen atoms in total. The van der Waals surface area contributed by atoms with Gasteiger partial charge in [-0.2, -0.15) is 13.2 Å². The first-order chi connectivity index (χ1) is 20.4. The van der Waals surface area contributed by atoms with E-state index in [0.717, 1.165) is 43.9 Å². The molecule has 256 valence electrons. The van der Waals surface area contributed by atoms with Crippen molar-refractivity contribution in [2.45, 2.75) is 99.2 Å². The van der Waals surface area contributed by atoms with E-state index in [1.54, 1.807) is 6.92 Å². The van der Waals surface area contributed by atoms with Gasteiger partial charge in [-0.1, -0.05) is 39.0 Å². The number of rotatable bonds is 21. The minimum absolute atomic E-state index is 0.0708. The molecule has 0 rings (SSSR count). The van der Waals surface area contributed by atoms with Crippen LogP contribution in [0, 0.1) is 5.92 Å². The van der Waals surface area contributed by atoms with Crippen LogP contribution in [-0.4, -0.2) is 98.1 Å². The van der Waals surface area contributed by atoms with E-state index < -0.39 is 12.7 Å². The molecule has 3 unspecified atom stereocenters. The summed E-state index contributed by atoms with van der Waals surface area (Å²) in [6.07, 6.45) is 9.66. The molecule has 0 spiro atoms. The van der Waals surface area contributed by atoms with Crippen LogP contribution in [0.25, 0.3) is 0 Å². The average Bonchev–Trinajstić information content (AvgIpc) is 2.92. The monoisotopic (exact) mass is 629 g/mol. The number of hydrogen-bond acceptors (Lipinski definition) is 8. The van der Waals surface area contributed by atoms with Gasteiger partial charge in [0.25, 0.3) is 0 Å². The zero-order valence-electron chi connectivity index (χ0n) is 29.3. The summed E-state index contributed by atoms with van der Waals surface area (Å²) >= 11 is 0. The second kappa shape index (κ2) is 21.7. The highest BCUT2D eigenvalue weighted by molar-refractivity contribution is 5.93. The Morgan fingerprint density at radius 2 is 1.75 bits per heavy atom. The minimum atomic E-state index is -4.26. The van der Waals surface area contributed by atoms with Crippen molar-refractivity contribution in [3.63, 3.8) is 0 Å². The van der Waals surface area contributed by atoms with Gasteiger partial charge in [0.15, 0.2) is 0 Å². The highest BCUT2D eigenvalue weighted by atomic mass is 19.4. The lowest BCUT2D eigenvalue weighted by Crippen LogP contribution is -2.46. The fourth-order valence-electron chi connectivity index (χ4n) is 4.21. The molecule has 0 fully saturated rings. The van der Waals surface area contributed by atoms with Crippen LogP contribution in [0.2, 0.25) is 0 Å². The third kappa shape index (κ3) is 20.1. The predicted molar refractivity (Wildman–Crippen MR) is 180 cm³/mol. The van der Waals surface area contributed by atoms with E-state index in [2.05, 4.69) is 87.2 Å². The highest BCUT2D eigenvalue weighted by Gasteiger charge is 2.26. The molecule has 0 heterocycles. The van der Waals surface area contributed by atoms with Crippen LogP contribution in [0.15, 0.2) is 52.8 Å². The lowest BCUT2D eigenvalue weighted by molar-refractivity contribution is -0.124. The summed E-state index contributed by atoms with van der Waals surface area (Å²) in [5, 5.41) is 4.48. The van der Waals surface area contributed by atoms with Gasteiger partial charge in [0.1, 0.15) is 6.23 Å². The maximum absolute atomic E-state index is 12.4. The van der Waals surface area contributed by atoms with Gasteiger partial charge in [0, 0.05) is 56.9 Å². The van der Waals surface area contributed by atoms with E-state index in [9.17, 15) is 13.2 Å². The van der Waals surface area contributed by atoms with Gasteiger partial charge >= 0.3 is 6.18 Å². The first-order valence-electron chi connectivity index (χ1n) is 15.8. The molecule has 0 saturated carbocycles. The SMILES string of the molecule is CC/C=C\C(=C/C(C)=NCNCC(F)(F)F)N(C)C(=CC=CC(C)CNN(C)C(C)CCN(CC)C(C)OC(C)(C)C)CN. The molecule has 0 aliphatic carbocycles. The predicted octanol–water partition coefficient (Wildman–Crippen LogP) is 6.07. The fraction of sp³-hybridized carbons (Fsp3) is 0.727. The number of halogens is 3. The Labute approximate surface area is 266 Å². The van der Waals surface area contributed by atoms with Crippen molar-refractivity contribution in [1.82, 2.24) is 25.6 Å². The van der Waals surface area contributed by atoms with E-state index in [-0.39, 0.29) is 24.4 Å². The maximum Gasteiger partial charge on any atom is 0.401 e. The molecule has 0 aromatic rings. The zero-order valence-corrected chi connectivity index (χ0v) is 29.3. The Bertz CT molecular complexity index is 939. The number of alkyl halides is 3. The second-order valence-electron chi connectivity index (χ2n) is 12.2. The number of hydrogen-bond donors (Lipinski definition) is 3. The van der Waals surface area contributed by atoms with Crippen molar-refractivity contribution in [1.29, 1.82) is 0 Å². The number of aliphatic imine (C=N–C) groups is 1. The van der Waals surface area contributed by atoms with Crippen LogP contribution < -0.4 is 16.5 Å². The van der Waals surface area contributed by atoms with Gasteiger partial charge in [-0.25, -0.2) is 5.01 Å². The Hall–Kier alpha value is -2.02. The Balaban J connectivity index is 5.15. The first kappa shape index (κ1) is 42.0. The van der Waals surface area contributed by atoms with Crippen molar-refractivity contribution in [2.75, 3.05) is 53.5 Å². The maximum atomic E-state index is 12.4. The van der Waals surface area contributed by atoms with Gasteiger partial charge < -0.3 is 15.4 Å². The molecule has 3 atom stereocenters. The van der Waals surface area contributed by atoms with E-state index in [1.165, 1.54) is 0 Å². The number of hydrazine groups is 1. The van der Waals surface area contributed by atoms with E-state index in [4.69, 9.17) is 10.5 Å². The molecule has 11 heteroatoms. The minimum Gasteiger partial charge on any atom is -0.358 e. The Kier molecular flexibility index (Phi) is 20.7. The largest absolute Gasteiger partial charge is 0.401 e. The average molecular weight is 630 g/mol. The smallest absolute Gasteiger partial charge is 0.358 e. The normalized spacial score (nSPS) is 16.5. The number of allylic oxidation sites excluding steroid dienone is 5. The molecule has 0 aliphatic heterocycles. The quantitative estimate of drug-likeness (QED) is 0.0468. The number of nitrogens with one attached hydrogen (secondary N) is 2. The Morgan fingerprint density at radius 1 is 1.09 bits per heavy atom. The Morgan fingerprint density at radius 3 is 2.30 bits per heavy atom. The summed E-state index contributed by atoms with van der Waals surface area (Å²) in [6.45, 7) is 20.6. The molecule has 0 saturated heterocycles. The lowest BCUT2D eigenvalue weighted by atomic mass is 10.1. The number of nitrogens with two attached hydrogens (primary N) is 1. The summed E-state index contributed by atoms with van der Waals surface area (Å²) in [5.74, 6) is 0.283. The van der Waals surface area contributed by atoms with Crippen molar-refractivity contribution < 1.29 is 17.9 Å². The summed E-state index contributed by atoms with van der Waals surface area (Å²) in [6, 6.07) is 0.355. The molecule has 0 amide bonds. The van der Waals surface area contributed by atoms with Gasteiger partial charge in [0.2, 0.25) is 0 Å². The van der Waals surface area contributed by atoms with Crippen LogP contribution in [0.4, 0.5) is 13.2 Å².